The van der Waals surface area contributed by atoms with Crippen molar-refractivity contribution in [1.82, 2.24) is 5.32 Å². The fraction of sp³-hybridized carbons (Fsp3) is 0.600. The second-order valence-corrected chi connectivity index (χ2v) is 6.18. The van der Waals surface area contributed by atoms with Gasteiger partial charge in [-0.05, 0) is 37.0 Å². The molecule has 112 valence electrons. The molecule has 3 nitrogen and oxygen atoms in total. The third-order valence-corrected chi connectivity index (χ3v) is 4.05. The maximum Gasteiger partial charge on any atom is 0.138 e. The van der Waals surface area contributed by atoms with Gasteiger partial charge in [0.25, 0.3) is 0 Å². The van der Waals surface area contributed by atoms with Gasteiger partial charge in [-0.1, -0.05) is 36.5 Å². The summed E-state index contributed by atoms with van der Waals surface area (Å²) in [6.07, 6.45) is 3.18. The highest BCUT2D eigenvalue weighted by molar-refractivity contribution is 6.35. The summed E-state index contributed by atoms with van der Waals surface area (Å²) in [4.78, 5) is 0. The highest BCUT2D eigenvalue weighted by atomic mass is 35.5. The Kier molecular flexibility index (Phi) is 5.97. The molecule has 0 bridgehead atoms. The topological polar surface area (TPSA) is 41.5 Å². The SMILES string of the molecule is CCCC1CC1NCC(O)COc1ccc(Cl)cc1Cl. The zero-order valence-electron chi connectivity index (χ0n) is 11.6. The van der Waals surface area contributed by atoms with Crippen LogP contribution >= 0.6 is 23.2 Å². The first-order valence-corrected chi connectivity index (χ1v) is 7.85. The van der Waals surface area contributed by atoms with E-state index in [1.165, 1.54) is 19.3 Å². The maximum atomic E-state index is 9.89. The van der Waals surface area contributed by atoms with Gasteiger partial charge in [0, 0.05) is 17.6 Å². The summed E-state index contributed by atoms with van der Waals surface area (Å²) < 4.78 is 5.50. The molecule has 1 aromatic rings. The Morgan fingerprint density at radius 2 is 2.25 bits per heavy atom. The summed E-state index contributed by atoms with van der Waals surface area (Å²) in [7, 11) is 0. The normalized spacial score (nSPS) is 22.6. The van der Waals surface area contributed by atoms with Crippen LogP contribution in [-0.4, -0.2) is 30.4 Å². The van der Waals surface area contributed by atoms with Crippen molar-refractivity contribution in [2.75, 3.05) is 13.2 Å². The molecule has 0 aromatic heterocycles. The van der Waals surface area contributed by atoms with Crippen molar-refractivity contribution in [3.05, 3.63) is 28.2 Å². The number of hydrogen-bond donors (Lipinski definition) is 2. The second kappa shape index (κ2) is 7.51. The summed E-state index contributed by atoms with van der Waals surface area (Å²) in [5, 5.41) is 14.3. The molecular weight excluding hydrogens is 297 g/mol. The summed E-state index contributed by atoms with van der Waals surface area (Å²) >= 11 is 11.8. The molecule has 2 N–H and O–H groups in total. The molecule has 1 aliphatic rings. The minimum atomic E-state index is -0.537. The Bertz CT molecular complexity index is 442. The van der Waals surface area contributed by atoms with E-state index in [0.717, 1.165) is 5.92 Å². The first-order chi connectivity index (χ1) is 9.60. The lowest BCUT2D eigenvalue weighted by Crippen LogP contribution is -2.33. The summed E-state index contributed by atoms with van der Waals surface area (Å²) in [6.45, 7) is 2.98. The number of halogens is 2. The van der Waals surface area contributed by atoms with E-state index in [0.29, 0.717) is 28.4 Å². The summed E-state index contributed by atoms with van der Waals surface area (Å²) in [6, 6.07) is 5.63. The predicted octanol–water partition coefficient (Wildman–Crippen LogP) is 3.51. The van der Waals surface area contributed by atoms with Crippen molar-refractivity contribution in [3.8, 4) is 5.75 Å². The van der Waals surface area contributed by atoms with Gasteiger partial charge in [0.1, 0.15) is 18.5 Å². The van der Waals surface area contributed by atoms with E-state index in [9.17, 15) is 5.11 Å². The number of ether oxygens (including phenoxy) is 1. The average molecular weight is 318 g/mol. The van der Waals surface area contributed by atoms with Crippen molar-refractivity contribution >= 4 is 23.2 Å². The molecule has 0 spiro atoms. The van der Waals surface area contributed by atoms with E-state index in [2.05, 4.69) is 12.2 Å². The maximum absolute atomic E-state index is 9.89. The summed E-state index contributed by atoms with van der Waals surface area (Å²) in [5.74, 6) is 1.34. The van der Waals surface area contributed by atoms with Gasteiger partial charge < -0.3 is 15.2 Å². The van der Waals surface area contributed by atoms with Crippen molar-refractivity contribution < 1.29 is 9.84 Å². The Labute approximate surface area is 130 Å². The monoisotopic (exact) mass is 317 g/mol. The minimum Gasteiger partial charge on any atom is -0.489 e. The molecule has 1 aromatic carbocycles. The van der Waals surface area contributed by atoms with Crippen LogP contribution in [-0.2, 0) is 0 Å². The number of nitrogens with one attached hydrogen (secondary N) is 1. The van der Waals surface area contributed by atoms with Gasteiger partial charge in [-0.25, -0.2) is 0 Å². The average Bonchev–Trinajstić information content (AvgIpc) is 3.14. The van der Waals surface area contributed by atoms with Crippen LogP contribution in [0.3, 0.4) is 0 Å². The zero-order valence-corrected chi connectivity index (χ0v) is 13.1. The first-order valence-electron chi connectivity index (χ1n) is 7.09. The fourth-order valence-electron chi connectivity index (χ4n) is 2.31. The quantitative estimate of drug-likeness (QED) is 0.771. The number of rotatable bonds is 8. The number of hydrogen-bond acceptors (Lipinski definition) is 3. The highest BCUT2D eigenvalue weighted by Gasteiger charge is 2.35. The first kappa shape index (κ1) is 15.9. The van der Waals surface area contributed by atoms with Crippen LogP contribution in [0.25, 0.3) is 0 Å². The van der Waals surface area contributed by atoms with Gasteiger partial charge in [-0.3, -0.25) is 0 Å². The van der Waals surface area contributed by atoms with Crippen LogP contribution in [0, 0.1) is 5.92 Å². The highest BCUT2D eigenvalue weighted by Crippen LogP contribution is 2.34. The van der Waals surface area contributed by atoms with Gasteiger partial charge in [0.2, 0.25) is 0 Å². The second-order valence-electron chi connectivity index (χ2n) is 5.34. The lowest BCUT2D eigenvalue weighted by atomic mass is 10.2. The van der Waals surface area contributed by atoms with E-state index in [1.807, 2.05) is 0 Å². The van der Waals surface area contributed by atoms with Crippen LogP contribution in [0.4, 0.5) is 0 Å². The molecule has 20 heavy (non-hydrogen) atoms. The fourth-order valence-corrected chi connectivity index (χ4v) is 2.78. The number of aliphatic hydroxyl groups is 1. The van der Waals surface area contributed by atoms with Crippen LogP contribution < -0.4 is 10.1 Å². The number of aliphatic hydroxyl groups excluding tert-OH is 1. The van der Waals surface area contributed by atoms with Crippen molar-refractivity contribution in [2.45, 2.75) is 38.3 Å². The van der Waals surface area contributed by atoms with E-state index in [4.69, 9.17) is 27.9 Å². The molecule has 1 fully saturated rings. The predicted molar refractivity (Wildman–Crippen MR) is 82.8 cm³/mol. The van der Waals surface area contributed by atoms with E-state index in [-0.39, 0.29) is 6.61 Å². The van der Waals surface area contributed by atoms with Gasteiger partial charge >= 0.3 is 0 Å². The zero-order chi connectivity index (χ0) is 14.5. The van der Waals surface area contributed by atoms with Crippen LogP contribution in [0.1, 0.15) is 26.2 Å². The third kappa shape index (κ3) is 4.81. The largest absolute Gasteiger partial charge is 0.489 e. The Hall–Kier alpha value is -0.480. The lowest BCUT2D eigenvalue weighted by Gasteiger charge is -2.14. The third-order valence-electron chi connectivity index (χ3n) is 3.52. The molecule has 1 saturated carbocycles. The van der Waals surface area contributed by atoms with Gasteiger partial charge in [-0.15, -0.1) is 0 Å². The minimum absolute atomic E-state index is 0.222. The molecule has 0 saturated heterocycles. The van der Waals surface area contributed by atoms with Crippen molar-refractivity contribution in [3.63, 3.8) is 0 Å². The molecule has 1 aliphatic carbocycles. The molecule has 0 amide bonds. The molecule has 0 radical (unpaired) electrons. The van der Waals surface area contributed by atoms with Gasteiger partial charge in [0.05, 0.1) is 5.02 Å². The molecule has 3 atom stereocenters. The van der Waals surface area contributed by atoms with E-state index >= 15 is 0 Å². The summed E-state index contributed by atoms with van der Waals surface area (Å²) in [5.41, 5.74) is 0. The number of benzene rings is 1. The smallest absolute Gasteiger partial charge is 0.138 e. The molecule has 0 aliphatic heterocycles. The van der Waals surface area contributed by atoms with Crippen LogP contribution in [0.15, 0.2) is 18.2 Å². The van der Waals surface area contributed by atoms with Gasteiger partial charge in [0.15, 0.2) is 0 Å². The molecule has 3 unspecified atom stereocenters. The Morgan fingerprint density at radius 3 is 2.95 bits per heavy atom. The molecular formula is C15H21Cl2NO2. The molecule has 0 heterocycles. The Balaban J connectivity index is 1.66. The molecule has 2 rings (SSSR count). The van der Waals surface area contributed by atoms with Crippen LogP contribution in [0.2, 0.25) is 10.0 Å². The van der Waals surface area contributed by atoms with Crippen molar-refractivity contribution in [1.29, 1.82) is 0 Å². The van der Waals surface area contributed by atoms with Crippen molar-refractivity contribution in [2.24, 2.45) is 5.92 Å². The lowest BCUT2D eigenvalue weighted by molar-refractivity contribution is 0.106. The van der Waals surface area contributed by atoms with E-state index < -0.39 is 6.10 Å². The Morgan fingerprint density at radius 1 is 1.45 bits per heavy atom. The standard InChI is InChI=1S/C15H21Cl2NO2/c1-2-3-10-6-14(10)18-8-12(19)9-20-15-5-4-11(16)7-13(15)17/h4-5,7,10,12,14,18-19H,2-3,6,8-9H2,1H3. The van der Waals surface area contributed by atoms with Crippen LogP contribution in [0.5, 0.6) is 5.75 Å². The van der Waals surface area contributed by atoms with Gasteiger partial charge in [-0.2, -0.15) is 0 Å². The van der Waals surface area contributed by atoms with E-state index in [1.54, 1.807) is 18.2 Å². The molecule has 5 heteroatoms.